The average Bonchev–Trinajstić information content (AvgIpc) is 2.07. The molecule has 0 unspecified atom stereocenters. The Morgan fingerprint density at radius 3 is 2.54 bits per heavy atom. The average molecular weight is 191 g/mol. The summed E-state index contributed by atoms with van der Waals surface area (Å²) in [7, 11) is 1.25. The minimum Gasteiger partial charge on any atom is -0.492 e. The van der Waals surface area contributed by atoms with Gasteiger partial charge in [-0.3, -0.25) is 0 Å². The van der Waals surface area contributed by atoms with Gasteiger partial charge in [-0.2, -0.15) is 4.39 Å². The zero-order valence-electron chi connectivity index (χ0n) is 7.14. The zero-order valence-corrected chi connectivity index (χ0v) is 7.14. The van der Waals surface area contributed by atoms with Gasteiger partial charge in [-0.25, -0.2) is 13.8 Å². The summed E-state index contributed by atoms with van der Waals surface area (Å²) in [5.41, 5.74) is -0.327. The molecule has 0 aliphatic carbocycles. The fourth-order valence-electron chi connectivity index (χ4n) is 0.943. The van der Waals surface area contributed by atoms with Gasteiger partial charge in [0.05, 0.1) is 7.11 Å². The van der Waals surface area contributed by atoms with Gasteiger partial charge in [0, 0.05) is 0 Å². The number of ether oxygens (including phenoxy) is 1. The molecule has 0 aliphatic heterocycles. The monoisotopic (exact) mass is 191 g/mol. The molecule has 1 aromatic rings. The van der Waals surface area contributed by atoms with Crippen molar-refractivity contribution < 1.29 is 17.9 Å². The number of rotatable bonds is 2. The van der Waals surface area contributed by atoms with Crippen molar-refractivity contribution in [3.63, 3.8) is 0 Å². The van der Waals surface area contributed by atoms with Gasteiger partial charge in [0.2, 0.25) is 0 Å². The summed E-state index contributed by atoms with van der Waals surface area (Å²) in [5, 5.41) is 0. The number of hydrogen-bond acceptors (Lipinski definition) is 2. The van der Waals surface area contributed by atoms with Gasteiger partial charge < -0.3 is 4.74 Å². The second-order valence-corrected chi connectivity index (χ2v) is 2.48. The molecule has 13 heavy (non-hydrogen) atoms. The first-order valence-electron chi connectivity index (χ1n) is 3.55. The SMILES string of the molecule is COc1cc(C)c(C(F)F)nc1F. The van der Waals surface area contributed by atoms with Gasteiger partial charge in [0.1, 0.15) is 5.69 Å². The molecule has 0 amide bonds. The van der Waals surface area contributed by atoms with Gasteiger partial charge in [0.25, 0.3) is 12.4 Å². The van der Waals surface area contributed by atoms with Crippen molar-refractivity contribution in [2.45, 2.75) is 13.3 Å². The highest BCUT2D eigenvalue weighted by atomic mass is 19.3. The van der Waals surface area contributed by atoms with Crippen molar-refractivity contribution in [1.29, 1.82) is 0 Å². The van der Waals surface area contributed by atoms with E-state index >= 15 is 0 Å². The Labute approximate surface area is 73.4 Å². The normalized spacial score (nSPS) is 10.6. The predicted octanol–water partition coefficient (Wildman–Crippen LogP) is 2.48. The van der Waals surface area contributed by atoms with Crippen molar-refractivity contribution >= 4 is 0 Å². The molecule has 1 rings (SSSR count). The molecule has 0 N–H and O–H groups in total. The number of aryl methyl sites for hydroxylation is 1. The van der Waals surface area contributed by atoms with Crippen LogP contribution in [0.1, 0.15) is 17.7 Å². The van der Waals surface area contributed by atoms with Crippen molar-refractivity contribution in [2.24, 2.45) is 0 Å². The topological polar surface area (TPSA) is 22.1 Å². The quantitative estimate of drug-likeness (QED) is 0.670. The second kappa shape index (κ2) is 3.64. The fraction of sp³-hybridized carbons (Fsp3) is 0.375. The van der Waals surface area contributed by atoms with Gasteiger partial charge in [-0.05, 0) is 18.6 Å². The van der Waals surface area contributed by atoms with E-state index in [2.05, 4.69) is 9.72 Å². The van der Waals surface area contributed by atoms with E-state index in [1.54, 1.807) is 0 Å². The van der Waals surface area contributed by atoms with Crippen molar-refractivity contribution in [1.82, 2.24) is 4.98 Å². The van der Waals surface area contributed by atoms with Crippen LogP contribution in [0.15, 0.2) is 6.07 Å². The summed E-state index contributed by atoms with van der Waals surface area (Å²) in [6, 6.07) is 1.20. The van der Waals surface area contributed by atoms with E-state index in [1.165, 1.54) is 20.1 Å². The molecule has 0 spiro atoms. The van der Waals surface area contributed by atoms with Crippen LogP contribution in [-0.2, 0) is 0 Å². The first-order chi connectivity index (χ1) is 6.06. The van der Waals surface area contributed by atoms with E-state index in [-0.39, 0.29) is 11.3 Å². The molecule has 0 aromatic carbocycles. The third-order valence-electron chi connectivity index (χ3n) is 1.60. The van der Waals surface area contributed by atoms with E-state index in [1.807, 2.05) is 0 Å². The van der Waals surface area contributed by atoms with E-state index in [4.69, 9.17) is 0 Å². The van der Waals surface area contributed by atoms with E-state index < -0.39 is 18.1 Å². The highest BCUT2D eigenvalue weighted by Gasteiger charge is 2.16. The second-order valence-electron chi connectivity index (χ2n) is 2.48. The van der Waals surface area contributed by atoms with Gasteiger partial charge in [0.15, 0.2) is 5.75 Å². The minimum atomic E-state index is -2.76. The minimum absolute atomic E-state index is 0.123. The van der Waals surface area contributed by atoms with Crippen LogP contribution in [0.25, 0.3) is 0 Å². The van der Waals surface area contributed by atoms with E-state index in [0.29, 0.717) is 0 Å². The maximum absolute atomic E-state index is 12.8. The molecule has 1 heterocycles. The molecular weight excluding hydrogens is 183 g/mol. The Bertz CT molecular complexity index is 315. The largest absolute Gasteiger partial charge is 0.492 e. The van der Waals surface area contributed by atoms with E-state index in [0.717, 1.165) is 0 Å². The molecule has 72 valence electrons. The molecule has 0 aliphatic rings. The molecule has 1 aromatic heterocycles. The standard InChI is InChI=1S/C8H8F3NO/c1-4-3-5(13-2)8(11)12-6(4)7(9)10/h3,7H,1-2H3. The van der Waals surface area contributed by atoms with E-state index in [9.17, 15) is 13.2 Å². The number of aromatic nitrogens is 1. The van der Waals surface area contributed by atoms with Crippen molar-refractivity contribution in [3.8, 4) is 5.75 Å². The van der Waals surface area contributed by atoms with Crippen LogP contribution in [-0.4, -0.2) is 12.1 Å². The molecular formula is C8H8F3NO. The lowest BCUT2D eigenvalue weighted by Crippen LogP contribution is -2.00. The smallest absolute Gasteiger partial charge is 0.280 e. The summed E-state index contributed by atoms with van der Waals surface area (Å²) in [6.07, 6.45) is -2.76. The van der Waals surface area contributed by atoms with Crippen LogP contribution < -0.4 is 4.74 Å². The first kappa shape index (κ1) is 9.83. The highest BCUT2D eigenvalue weighted by Crippen LogP contribution is 2.25. The van der Waals surface area contributed by atoms with Crippen LogP contribution in [0.2, 0.25) is 0 Å². The molecule has 0 saturated carbocycles. The van der Waals surface area contributed by atoms with Crippen LogP contribution >= 0.6 is 0 Å². The van der Waals surface area contributed by atoms with Gasteiger partial charge in [-0.15, -0.1) is 0 Å². The number of hydrogen-bond donors (Lipinski definition) is 0. The Kier molecular flexibility index (Phi) is 2.75. The number of pyridine rings is 1. The summed E-state index contributed by atoms with van der Waals surface area (Å²) in [6.45, 7) is 1.43. The number of nitrogens with zero attached hydrogens (tertiary/aromatic N) is 1. The third kappa shape index (κ3) is 1.91. The van der Waals surface area contributed by atoms with Crippen LogP contribution in [0.4, 0.5) is 13.2 Å². The van der Waals surface area contributed by atoms with Crippen molar-refractivity contribution in [3.05, 3.63) is 23.3 Å². The Morgan fingerprint density at radius 1 is 1.46 bits per heavy atom. The van der Waals surface area contributed by atoms with Gasteiger partial charge >= 0.3 is 0 Å². The summed E-state index contributed by atoms with van der Waals surface area (Å²) >= 11 is 0. The number of alkyl halides is 2. The van der Waals surface area contributed by atoms with Crippen LogP contribution in [0.3, 0.4) is 0 Å². The van der Waals surface area contributed by atoms with Crippen LogP contribution in [0, 0.1) is 12.9 Å². The number of methoxy groups -OCH3 is 1. The van der Waals surface area contributed by atoms with Gasteiger partial charge in [-0.1, -0.05) is 0 Å². The molecule has 0 fully saturated rings. The maximum atomic E-state index is 12.8. The predicted molar refractivity (Wildman–Crippen MR) is 40.4 cm³/mol. The molecule has 0 radical (unpaired) electrons. The molecule has 2 nitrogen and oxygen atoms in total. The Balaban J connectivity index is 3.20. The lowest BCUT2D eigenvalue weighted by Gasteiger charge is -2.06. The first-order valence-corrected chi connectivity index (χ1v) is 3.55. The van der Waals surface area contributed by atoms with Crippen LogP contribution in [0.5, 0.6) is 5.75 Å². The zero-order chi connectivity index (χ0) is 10.0. The summed E-state index contributed by atoms with van der Waals surface area (Å²) in [5.74, 6) is -1.13. The Morgan fingerprint density at radius 2 is 2.08 bits per heavy atom. The maximum Gasteiger partial charge on any atom is 0.280 e. The molecule has 0 bridgehead atoms. The summed E-state index contributed by atoms with van der Waals surface area (Å²) < 4.78 is 41.7. The summed E-state index contributed by atoms with van der Waals surface area (Å²) in [4.78, 5) is 3.10. The fourth-order valence-corrected chi connectivity index (χ4v) is 0.943. The highest BCUT2D eigenvalue weighted by molar-refractivity contribution is 5.30. The lowest BCUT2D eigenvalue weighted by molar-refractivity contribution is 0.143. The third-order valence-corrected chi connectivity index (χ3v) is 1.60. The molecule has 0 atom stereocenters. The van der Waals surface area contributed by atoms with Crippen molar-refractivity contribution in [2.75, 3.05) is 7.11 Å². The Hall–Kier alpha value is -1.26. The number of halogens is 3. The lowest BCUT2D eigenvalue weighted by atomic mass is 10.2. The molecule has 5 heteroatoms. The molecule has 0 saturated heterocycles.